The van der Waals surface area contributed by atoms with Gasteiger partial charge in [-0.25, -0.2) is 0 Å². The molecule has 3 heteroatoms. The first kappa shape index (κ1) is 6.58. The Balaban J connectivity index is 1.84. The monoisotopic (exact) mass is 144 g/mol. The lowest BCUT2D eigenvalue weighted by Gasteiger charge is -2.14. The number of aliphatic hydroxyl groups excluding tert-OH is 1. The minimum Gasteiger partial charge on any atom is -0.388 e. The van der Waals surface area contributed by atoms with Crippen LogP contribution in [-0.2, 0) is 9.47 Å². The lowest BCUT2D eigenvalue weighted by Crippen LogP contribution is -2.30. The van der Waals surface area contributed by atoms with Gasteiger partial charge in [0.1, 0.15) is 12.2 Å². The third kappa shape index (κ3) is 1.17. The maximum absolute atomic E-state index is 9.44. The first-order chi connectivity index (χ1) is 4.88. The third-order valence-electron chi connectivity index (χ3n) is 2.09. The second-order valence-electron chi connectivity index (χ2n) is 2.91. The van der Waals surface area contributed by atoms with E-state index in [0.29, 0.717) is 6.61 Å². The molecule has 1 N–H and O–H groups in total. The van der Waals surface area contributed by atoms with Crippen molar-refractivity contribution in [1.29, 1.82) is 0 Å². The van der Waals surface area contributed by atoms with Crippen molar-refractivity contribution in [1.82, 2.24) is 0 Å². The maximum atomic E-state index is 9.44. The van der Waals surface area contributed by atoms with Crippen LogP contribution in [0.4, 0.5) is 0 Å². The van der Waals surface area contributed by atoms with E-state index in [2.05, 4.69) is 0 Å². The Hall–Kier alpha value is -0.120. The molecule has 3 unspecified atom stereocenters. The van der Waals surface area contributed by atoms with Gasteiger partial charge in [-0.15, -0.1) is 0 Å². The molecule has 10 heavy (non-hydrogen) atoms. The summed E-state index contributed by atoms with van der Waals surface area (Å²) >= 11 is 0. The highest BCUT2D eigenvalue weighted by molar-refractivity contribution is 4.86. The van der Waals surface area contributed by atoms with Crippen molar-refractivity contribution in [2.24, 2.45) is 0 Å². The van der Waals surface area contributed by atoms with Crippen LogP contribution in [0.15, 0.2) is 0 Å². The van der Waals surface area contributed by atoms with Crippen LogP contribution in [0.3, 0.4) is 0 Å². The number of hydrogen-bond donors (Lipinski definition) is 1. The van der Waals surface area contributed by atoms with Gasteiger partial charge in [0, 0.05) is 6.61 Å². The average molecular weight is 144 g/mol. The van der Waals surface area contributed by atoms with Crippen molar-refractivity contribution in [2.45, 2.75) is 31.2 Å². The zero-order valence-electron chi connectivity index (χ0n) is 5.82. The summed E-state index contributed by atoms with van der Waals surface area (Å²) in [5, 5.41) is 9.44. The maximum Gasteiger partial charge on any atom is 0.109 e. The summed E-state index contributed by atoms with van der Waals surface area (Å²) in [6, 6.07) is 0. The predicted molar refractivity (Wildman–Crippen MR) is 34.7 cm³/mol. The average Bonchev–Trinajstić information content (AvgIpc) is 2.65. The van der Waals surface area contributed by atoms with E-state index < -0.39 is 0 Å². The van der Waals surface area contributed by atoms with Crippen LogP contribution in [0.1, 0.15) is 12.8 Å². The van der Waals surface area contributed by atoms with Crippen LogP contribution < -0.4 is 0 Å². The Morgan fingerprint density at radius 2 is 2.10 bits per heavy atom. The molecule has 0 aromatic heterocycles. The molecule has 3 nitrogen and oxygen atoms in total. The van der Waals surface area contributed by atoms with Crippen molar-refractivity contribution in [3.63, 3.8) is 0 Å². The fraction of sp³-hybridized carbons (Fsp3) is 1.00. The molecular weight excluding hydrogens is 132 g/mol. The Morgan fingerprint density at radius 3 is 2.60 bits per heavy atom. The number of epoxide rings is 1. The Kier molecular flexibility index (Phi) is 1.64. The van der Waals surface area contributed by atoms with E-state index in [0.717, 1.165) is 19.4 Å². The Morgan fingerprint density at radius 1 is 1.30 bits per heavy atom. The van der Waals surface area contributed by atoms with Gasteiger partial charge in [0.2, 0.25) is 0 Å². The lowest BCUT2D eigenvalue weighted by atomic mass is 10.1. The van der Waals surface area contributed by atoms with Crippen molar-refractivity contribution in [3.8, 4) is 0 Å². The van der Waals surface area contributed by atoms with Crippen molar-refractivity contribution in [3.05, 3.63) is 0 Å². The van der Waals surface area contributed by atoms with E-state index in [4.69, 9.17) is 9.47 Å². The molecule has 0 aromatic rings. The molecule has 2 aliphatic rings. The number of rotatable bonds is 2. The van der Waals surface area contributed by atoms with E-state index in [1.54, 1.807) is 0 Å². The fourth-order valence-corrected chi connectivity index (χ4v) is 1.36. The summed E-state index contributed by atoms with van der Waals surface area (Å²) in [7, 11) is 0. The smallest absolute Gasteiger partial charge is 0.109 e. The Bertz CT molecular complexity index is 116. The lowest BCUT2D eigenvalue weighted by molar-refractivity contribution is -0.0146. The molecule has 2 aliphatic heterocycles. The van der Waals surface area contributed by atoms with E-state index in [-0.39, 0.29) is 18.3 Å². The highest BCUT2D eigenvalue weighted by Crippen LogP contribution is 2.24. The quantitative estimate of drug-likeness (QED) is 0.551. The summed E-state index contributed by atoms with van der Waals surface area (Å²) < 4.78 is 10.2. The largest absolute Gasteiger partial charge is 0.388 e. The van der Waals surface area contributed by atoms with Gasteiger partial charge in [-0.2, -0.15) is 0 Å². The summed E-state index contributed by atoms with van der Waals surface area (Å²) in [4.78, 5) is 0. The molecule has 0 saturated carbocycles. The van der Waals surface area contributed by atoms with Crippen LogP contribution in [0.25, 0.3) is 0 Å². The first-order valence-electron chi connectivity index (χ1n) is 3.79. The van der Waals surface area contributed by atoms with Gasteiger partial charge in [0.25, 0.3) is 0 Å². The SMILES string of the molecule is OC(C1CCCO1)C1CO1. The molecule has 0 aliphatic carbocycles. The summed E-state index contributed by atoms with van der Waals surface area (Å²) in [6.45, 7) is 1.51. The van der Waals surface area contributed by atoms with Gasteiger partial charge in [-0.05, 0) is 12.8 Å². The van der Waals surface area contributed by atoms with Crippen LogP contribution >= 0.6 is 0 Å². The Labute approximate surface area is 59.9 Å². The van der Waals surface area contributed by atoms with Crippen LogP contribution in [0, 0.1) is 0 Å². The standard InChI is InChI=1S/C7H12O3/c8-7(6-4-10-6)5-2-1-3-9-5/h5-8H,1-4H2. The third-order valence-corrected chi connectivity index (χ3v) is 2.09. The predicted octanol–water partition coefficient (Wildman–Crippen LogP) is -0.0749. The molecule has 0 aromatic carbocycles. The number of ether oxygens (including phenoxy) is 2. The van der Waals surface area contributed by atoms with Gasteiger partial charge in [0.05, 0.1) is 12.7 Å². The fourth-order valence-electron chi connectivity index (χ4n) is 1.36. The highest BCUT2D eigenvalue weighted by atomic mass is 16.6. The van der Waals surface area contributed by atoms with Crippen molar-refractivity contribution < 1.29 is 14.6 Å². The van der Waals surface area contributed by atoms with Gasteiger partial charge in [-0.3, -0.25) is 0 Å². The molecule has 0 radical (unpaired) electrons. The van der Waals surface area contributed by atoms with E-state index in [1.165, 1.54) is 0 Å². The zero-order valence-corrected chi connectivity index (χ0v) is 5.82. The molecule has 2 heterocycles. The minimum atomic E-state index is -0.373. The highest BCUT2D eigenvalue weighted by Gasteiger charge is 2.38. The second-order valence-corrected chi connectivity index (χ2v) is 2.91. The van der Waals surface area contributed by atoms with Crippen molar-refractivity contribution >= 4 is 0 Å². The van der Waals surface area contributed by atoms with E-state index in [1.807, 2.05) is 0 Å². The van der Waals surface area contributed by atoms with Crippen molar-refractivity contribution in [2.75, 3.05) is 13.2 Å². The van der Waals surface area contributed by atoms with Gasteiger partial charge in [0.15, 0.2) is 0 Å². The molecular formula is C7H12O3. The number of aliphatic hydroxyl groups is 1. The van der Waals surface area contributed by atoms with Gasteiger partial charge >= 0.3 is 0 Å². The molecule has 2 rings (SSSR count). The second kappa shape index (κ2) is 2.49. The zero-order chi connectivity index (χ0) is 6.97. The molecule has 3 atom stereocenters. The van der Waals surface area contributed by atoms with Crippen LogP contribution in [0.2, 0.25) is 0 Å². The van der Waals surface area contributed by atoms with Gasteiger partial charge in [-0.1, -0.05) is 0 Å². The number of hydrogen-bond acceptors (Lipinski definition) is 3. The molecule has 2 saturated heterocycles. The van der Waals surface area contributed by atoms with E-state index >= 15 is 0 Å². The van der Waals surface area contributed by atoms with Gasteiger partial charge < -0.3 is 14.6 Å². The molecule has 0 amide bonds. The molecule has 0 bridgehead atoms. The van der Waals surface area contributed by atoms with Crippen LogP contribution in [0.5, 0.6) is 0 Å². The summed E-state index contributed by atoms with van der Waals surface area (Å²) in [5.74, 6) is 0. The minimum absolute atomic E-state index is 0.0486. The topological polar surface area (TPSA) is 42.0 Å². The normalized spacial score (nSPS) is 41.7. The summed E-state index contributed by atoms with van der Waals surface area (Å²) in [6.07, 6.45) is 1.81. The molecule has 0 spiro atoms. The summed E-state index contributed by atoms with van der Waals surface area (Å²) in [5.41, 5.74) is 0. The first-order valence-corrected chi connectivity index (χ1v) is 3.79. The van der Waals surface area contributed by atoms with E-state index in [9.17, 15) is 5.11 Å². The molecule has 58 valence electrons. The van der Waals surface area contributed by atoms with Crippen LogP contribution in [-0.4, -0.2) is 36.6 Å². The molecule has 2 fully saturated rings.